The lowest BCUT2D eigenvalue weighted by Gasteiger charge is -2.31. The van der Waals surface area contributed by atoms with Gasteiger partial charge in [-0.1, -0.05) is 36.4 Å². The number of fused-ring (bicyclic) bond motifs is 2. The van der Waals surface area contributed by atoms with Gasteiger partial charge >= 0.3 is 0 Å². The summed E-state index contributed by atoms with van der Waals surface area (Å²) < 4.78 is 8.15. The van der Waals surface area contributed by atoms with E-state index in [1.54, 1.807) is 0 Å². The van der Waals surface area contributed by atoms with Gasteiger partial charge in [0.15, 0.2) is 11.6 Å². The minimum Gasteiger partial charge on any atom is -0.456 e. The molecule has 1 N–H and O–H groups in total. The summed E-state index contributed by atoms with van der Waals surface area (Å²) in [7, 11) is 2.00. The van der Waals surface area contributed by atoms with Crippen molar-refractivity contribution in [3.8, 4) is 11.6 Å². The molecule has 0 fully saturated rings. The Labute approximate surface area is 157 Å². The van der Waals surface area contributed by atoms with Gasteiger partial charge in [0, 0.05) is 20.1 Å². The number of aliphatic hydroxyl groups is 1. The van der Waals surface area contributed by atoms with E-state index < -0.39 is 6.10 Å². The molecule has 27 heavy (non-hydrogen) atoms. The smallest absolute Gasteiger partial charge is 0.176 e. The Balaban J connectivity index is 1.39. The van der Waals surface area contributed by atoms with Crippen molar-refractivity contribution in [1.29, 1.82) is 0 Å². The molecule has 5 nitrogen and oxygen atoms in total. The van der Waals surface area contributed by atoms with Crippen LogP contribution in [0, 0.1) is 0 Å². The Hall–Kier alpha value is -2.89. The quantitative estimate of drug-likeness (QED) is 0.603. The van der Waals surface area contributed by atoms with Crippen molar-refractivity contribution >= 4 is 11.0 Å². The largest absolute Gasteiger partial charge is 0.456 e. The van der Waals surface area contributed by atoms with Gasteiger partial charge in [0.25, 0.3) is 0 Å². The summed E-state index contributed by atoms with van der Waals surface area (Å²) in [5, 5.41) is 10.4. The summed E-state index contributed by atoms with van der Waals surface area (Å²) in [6.07, 6.45) is -0.454. The van der Waals surface area contributed by atoms with Gasteiger partial charge in [0.05, 0.1) is 23.7 Å². The Morgan fingerprint density at radius 2 is 1.89 bits per heavy atom. The zero-order valence-electron chi connectivity index (χ0n) is 15.2. The third-order valence-corrected chi connectivity index (χ3v) is 5.29. The van der Waals surface area contributed by atoms with E-state index in [4.69, 9.17) is 9.40 Å². The van der Waals surface area contributed by atoms with E-state index in [2.05, 4.69) is 21.6 Å². The van der Waals surface area contributed by atoms with Gasteiger partial charge in [-0.15, -0.1) is 0 Å². The van der Waals surface area contributed by atoms with E-state index in [9.17, 15) is 5.11 Å². The molecule has 0 saturated heterocycles. The highest BCUT2D eigenvalue weighted by Crippen LogP contribution is 2.29. The van der Waals surface area contributed by atoms with E-state index in [-0.39, 0.29) is 0 Å². The Bertz CT molecular complexity index is 1110. The number of aromatic nitrogens is 2. The maximum atomic E-state index is 10.4. The first-order valence-corrected chi connectivity index (χ1v) is 9.18. The Morgan fingerprint density at radius 3 is 2.78 bits per heavy atom. The molecule has 0 aliphatic carbocycles. The fourth-order valence-corrected chi connectivity index (χ4v) is 3.94. The molecule has 0 spiro atoms. The number of furan rings is 1. The van der Waals surface area contributed by atoms with E-state index in [1.165, 1.54) is 5.56 Å². The average molecular weight is 359 g/mol. The average Bonchev–Trinajstić information content (AvgIpc) is 3.27. The molecule has 2 aromatic heterocycles. The van der Waals surface area contributed by atoms with Crippen molar-refractivity contribution in [1.82, 2.24) is 14.5 Å². The third-order valence-electron chi connectivity index (χ3n) is 5.29. The highest BCUT2D eigenvalue weighted by molar-refractivity contribution is 5.79. The first-order valence-electron chi connectivity index (χ1n) is 9.18. The number of β-amino-alcohol motifs (C(OH)–C–C–N with tert-alkyl or cyclic N) is 1. The van der Waals surface area contributed by atoms with Gasteiger partial charge < -0.3 is 14.1 Å². The van der Waals surface area contributed by atoms with Crippen LogP contribution in [0.2, 0.25) is 0 Å². The predicted molar refractivity (Wildman–Crippen MR) is 104 cm³/mol. The maximum Gasteiger partial charge on any atom is 0.176 e. The highest BCUT2D eigenvalue weighted by atomic mass is 16.3. The normalized spacial score (nSPS) is 17.3. The molecule has 136 valence electrons. The predicted octanol–water partition coefficient (Wildman–Crippen LogP) is 3.88. The fraction of sp³-hybridized carbons (Fsp3) is 0.227. The van der Waals surface area contributed by atoms with E-state index in [0.717, 1.165) is 40.5 Å². The summed E-state index contributed by atoms with van der Waals surface area (Å²) in [5.74, 6) is 2.47. The van der Waals surface area contributed by atoms with Crippen LogP contribution in [0.1, 0.15) is 23.0 Å². The van der Waals surface area contributed by atoms with E-state index in [1.807, 2.05) is 55.6 Å². The second kappa shape index (κ2) is 6.37. The number of para-hydroxylation sites is 2. The number of benzene rings is 2. The lowest BCUT2D eigenvalue weighted by atomic mass is 9.97. The third kappa shape index (κ3) is 2.85. The molecule has 0 saturated carbocycles. The minimum atomic E-state index is -0.454. The number of imidazole rings is 1. The summed E-state index contributed by atoms with van der Waals surface area (Å²) in [4.78, 5) is 6.91. The van der Waals surface area contributed by atoms with Crippen molar-refractivity contribution in [3.05, 3.63) is 77.6 Å². The van der Waals surface area contributed by atoms with Crippen LogP contribution in [0.4, 0.5) is 0 Å². The molecule has 0 amide bonds. The number of aryl methyl sites for hydroxylation is 1. The molecule has 0 unspecified atom stereocenters. The Kier molecular flexibility index (Phi) is 3.85. The van der Waals surface area contributed by atoms with Gasteiger partial charge in [-0.05, 0) is 35.4 Å². The number of nitrogens with zero attached hydrogens (tertiary/aromatic N) is 3. The summed E-state index contributed by atoms with van der Waals surface area (Å²) >= 11 is 0. The molecular weight excluding hydrogens is 338 g/mol. The molecule has 0 radical (unpaired) electrons. The van der Waals surface area contributed by atoms with Crippen LogP contribution < -0.4 is 0 Å². The van der Waals surface area contributed by atoms with Crippen LogP contribution >= 0.6 is 0 Å². The summed E-state index contributed by atoms with van der Waals surface area (Å²) in [6, 6.07) is 20.1. The summed E-state index contributed by atoms with van der Waals surface area (Å²) in [5.41, 5.74) is 4.26. The second-order valence-corrected chi connectivity index (χ2v) is 7.13. The molecule has 5 heteroatoms. The van der Waals surface area contributed by atoms with E-state index >= 15 is 0 Å². The zero-order chi connectivity index (χ0) is 18.4. The first-order chi connectivity index (χ1) is 13.2. The van der Waals surface area contributed by atoms with Crippen molar-refractivity contribution in [2.45, 2.75) is 19.2 Å². The molecule has 1 atom stereocenters. The van der Waals surface area contributed by atoms with Crippen LogP contribution in [0.25, 0.3) is 22.6 Å². The standard InChI is InChI=1S/C22H21N3O2/c1-24-19-9-5-4-8-18(19)23-22(24)21-11-10-16(27-21)13-25-12-15-6-2-3-7-17(15)20(26)14-25/h2-11,20,26H,12-14H2,1H3/t20-/m1/s1. The van der Waals surface area contributed by atoms with E-state index in [0.29, 0.717) is 13.1 Å². The summed E-state index contributed by atoms with van der Waals surface area (Å²) in [6.45, 7) is 2.09. The Morgan fingerprint density at radius 1 is 1.07 bits per heavy atom. The number of aliphatic hydroxyl groups excluding tert-OH is 1. The molecule has 1 aliphatic heterocycles. The SMILES string of the molecule is Cn1c(-c2ccc(CN3Cc4ccccc4[C@H](O)C3)o2)nc2ccccc21. The molecule has 4 aromatic rings. The van der Waals surface area contributed by atoms with Gasteiger partial charge in [0.1, 0.15) is 5.76 Å². The minimum absolute atomic E-state index is 0.454. The molecule has 0 bridgehead atoms. The van der Waals surface area contributed by atoms with Crippen LogP contribution in [0.3, 0.4) is 0 Å². The highest BCUT2D eigenvalue weighted by Gasteiger charge is 2.24. The van der Waals surface area contributed by atoms with Crippen LogP contribution in [-0.2, 0) is 20.1 Å². The fourth-order valence-electron chi connectivity index (χ4n) is 3.94. The molecule has 2 aromatic carbocycles. The van der Waals surface area contributed by atoms with Gasteiger partial charge in [0.2, 0.25) is 0 Å². The van der Waals surface area contributed by atoms with Crippen LogP contribution in [-0.4, -0.2) is 26.1 Å². The van der Waals surface area contributed by atoms with Crippen molar-refractivity contribution < 1.29 is 9.52 Å². The zero-order valence-corrected chi connectivity index (χ0v) is 15.2. The number of rotatable bonds is 3. The van der Waals surface area contributed by atoms with Crippen molar-refractivity contribution in [2.24, 2.45) is 7.05 Å². The lowest BCUT2D eigenvalue weighted by Crippen LogP contribution is -2.32. The molecule has 1 aliphatic rings. The number of hydrogen-bond donors (Lipinski definition) is 1. The maximum absolute atomic E-state index is 10.4. The van der Waals surface area contributed by atoms with Crippen molar-refractivity contribution in [3.63, 3.8) is 0 Å². The topological polar surface area (TPSA) is 54.4 Å². The van der Waals surface area contributed by atoms with Gasteiger partial charge in [-0.2, -0.15) is 0 Å². The lowest BCUT2D eigenvalue weighted by molar-refractivity contribution is 0.0842. The first kappa shape index (κ1) is 16.3. The van der Waals surface area contributed by atoms with Crippen molar-refractivity contribution in [2.75, 3.05) is 6.54 Å². The van der Waals surface area contributed by atoms with Crippen LogP contribution in [0.5, 0.6) is 0 Å². The molecular formula is C22H21N3O2. The van der Waals surface area contributed by atoms with Gasteiger partial charge in [-0.25, -0.2) is 4.98 Å². The monoisotopic (exact) mass is 359 g/mol. The van der Waals surface area contributed by atoms with Gasteiger partial charge in [-0.3, -0.25) is 4.90 Å². The molecule has 5 rings (SSSR count). The molecule has 3 heterocycles. The number of hydrogen-bond acceptors (Lipinski definition) is 4. The van der Waals surface area contributed by atoms with Crippen LogP contribution in [0.15, 0.2) is 65.1 Å². The second-order valence-electron chi connectivity index (χ2n) is 7.13.